The maximum atomic E-state index is 13.5. The van der Waals surface area contributed by atoms with Crippen LogP contribution in [0.1, 0.15) is 57.8 Å². The Kier molecular flexibility index (Phi) is 4.95. The summed E-state index contributed by atoms with van der Waals surface area (Å²) in [5.41, 5.74) is -0.276. The Morgan fingerprint density at radius 2 is 1.87 bits per heavy atom. The topological polar surface area (TPSA) is 52.7 Å². The van der Waals surface area contributed by atoms with E-state index in [9.17, 15) is 9.59 Å². The molecule has 2 aliphatic carbocycles. The molecule has 0 aromatic rings. The zero-order valence-corrected chi connectivity index (χ0v) is 14.6. The number of nitrogens with zero attached hydrogens (tertiary/aromatic N) is 2. The first-order chi connectivity index (χ1) is 11.0. The van der Waals surface area contributed by atoms with Crippen LogP contribution >= 0.6 is 0 Å². The first kappa shape index (κ1) is 16.7. The first-order valence-electron chi connectivity index (χ1n) is 9.27. The van der Waals surface area contributed by atoms with Gasteiger partial charge >= 0.3 is 0 Å². The van der Waals surface area contributed by atoms with Gasteiger partial charge in [0, 0.05) is 12.6 Å². The van der Waals surface area contributed by atoms with E-state index >= 15 is 0 Å². The average molecular weight is 321 g/mol. The van der Waals surface area contributed by atoms with Gasteiger partial charge in [0.1, 0.15) is 0 Å². The second kappa shape index (κ2) is 6.80. The van der Waals surface area contributed by atoms with Crippen molar-refractivity contribution in [3.05, 3.63) is 0 Å². The number of nitrogens with one attached hydrogen (secondary N) is 1. The van der Waals surface area contributed by atoms with Crippen molar-refractivity contribution in [1.82, 2.24) is 15.1 Å². The van der Waals surface area contributed by atoms with Gasteiger partial charge in [-0.05, 0) is 39.8 Å². The lowest BCUT2D eigenvalue weighted by Crippen LogP contribution is -2.65. The minimum absolute atomic E-state index is 0.0253. The molecule has 0 bridgehead atoms. The molecule has 1 N–H and O–H groups in total. The van der Waals surface area contributed by atoms with Crippen LogP contribution in [0, 0.1) is 5.41 Å². The highest BCUT2D eigenvalue weighted by Gasteiger charge is 2.47. The van der Waals surface area contributed by atoms with Crippen molar-refractivity contribution in [2.75, 3.05) is 27.2 Å². The van der Waals surface area contributed by atoms with Crippen LogP contribution in [0.5, 0.6) is 0 Å². The molecule has 23 heavy (non-hydrogen) atoms. The summed E-state index contributed by atoms with van der Waals surface area (Å²) in [5, 5.41) is 3.12. The highest BCUT2D eigenvalue weighted by molar-refractivity contribution is 5.90. The van der Waals surface area contributed by atoms with Crippen molar-refractivity contribution < 1.29 is 9.59 Å². The molecule has 0 aromatic heterocycles. The molecular weight excluding hydrogens is 290 g/mol. The summed E-state index contributed by atoms with van der Waals surface area (Å²) in [7, 11) is 4.10. The van der Waals surface area contributed by atoms with Crippen LogP contribution in [0.15, 0.2) is 0 Å². The summed E-state index contributed by atoms with van der Waals surface area (Å²) >= 11 is 0. The molecule has 0 radical (unpaired) electrons. The molecule has 1 heterocycles. The van der Waals surface area contributed by atoms with E-state index in [1.807, 2.05) is 4.90 Å². The Labute approximate surface area is 139 Å². The summed E-state index contributed by atoms with van der Waals surface area (Å²) in [5.74, 6) is 0.273. The normalized spacial score (nSPS) is 30.7. The van der Waals surface area contributed by atoms with Crippen molar-refractivity contribution in [2.24, 2.45) is 5.41 Å². The minimum atomic E-state index is -0.276. The van der Waals surface area contributed by atoms with E-state index in [0.29, 0.717) is 0 Å². The lowest BCUT2D eigenvalue weighted by atomic mass is 9.71. The second-order valence-electron chi connectivity index (χ2n) is 8.04. The van der Waals surface area contributed by atoms with Crippen LogP contribution in [0.25, 0.3) is 0 Å². The molecule has 3 aliphatic rings. The zero-order chi connectivity index (χ0) is 16.4. The molecule has 3 rings (SSSR count). The van der Waals surface area contributed by atoms with Gasteiger partial charge in [0.15, 0.2) is 0 Å². The molecule has 0 spiro atoms. The predicted molar refractivity (Wildman–Crippen MR) is 90.0 cm³/mol. The summed E-state index contributed by atoms with van der Waals surface area (Å²) in [4.78, 5) is 29.8. The SMILES string of the molecule is CN(C)CC1(C(=O)N2CC(=O)NC3CCCCC32)CCCCC1. The molecule has 2 saturated carbocycles. The highest BCUT2D eigenvalue weighted by atomic mass is 16.2. The van der Waals surface area contributed by atoms with Crippen LogP contribution < -0.4 is 5.32 Å². The molecule has 0 aromatic carbocycles. The molecule has 2 atom stereocenters. The lowest BCUT2D eigenvalue weighted by molar-refractivity contribution is -0.155. The highest BCUT2D eigenvalue weighted by Crippen LogP contribution is 2.40. The van der Waals surface area contributed by atoms with Crippen molar-refractivity contribution in [3.63, 3.8) is 0 Å². The quantitative estimate of drug-likeness (QED) is 0.862. The van der Waals surface area contributed by atoms with Crippen LogP contribution in [0.2, 0.25) is 0 Å². The molecule has 5 heteroatoms. The minimum Gasteiger partial charge on any atom is -0.350 e. The number of hydrogen-bond acceptors (Lipinski definition) is 3. The number of rotatable bonds is 3. The monoisotopic (exact) mass is 321 g/mol. The van der Waals surface area contributed by atoms with Crippen LogP contribution in [-0.4, -0.2) is 60.9 Å². The number of piperazine rings is 1. The molecule has 3 fully saturated rings. The Morgan fingerprint density at radius 1 is 1.17 bits per heavy atom. The van der Waals surface area contributed by atoms with E-state index in [1.165, 1.54) is 12.8 Å². The molecule has 130 valence electrons. The Hall–Kier alpha value is -1.10. The number of hydrogen-bond donors (Lipinski definition) is 1. The molecular formula is C18H31N3O2. The fourth-order valence-electron chi connectivity index (χ4n) is 4.98. The zero-order valence-electron chi connectivity index (χ0n) is 14.6. The molecule has 1 saturated heterocycles. The van der Waals surface area contributed by atoms with Gasteiger partial charge in [0.25, 0.3) is 0 Å². The smallest absolute Gasteiger partial charge is 0.239 e. The predicted octanol–water partition coefficient (Wildman–Crippen LogP) is 1.77. The van der Waals surface area contributed by atoms with Crippen LogP contribution in [-0.2, 0) is 9.59 Å². The van der Waals surface area contributed by atoms with E-state index < -0.39 is 0 Å². The third-order valence-electron chi connectivity index (χ3n) is 5.93. The lowest BCUT2D eigenvalue weighted by Gasteiger charge is -2.49. The number of carbonyl (C=O) groups is 2. The van der Waals surface area contributed by atoms with E-state index in [1.54, 1.807) is 0 Å². The number of amides is 2. The van der Waals surface area contributed by atoms with Gasteiger partial charge in [-0.15, -0.1) is 0 Å². The van der Waals surface area contributed by atoms with E-state index in [-0.39, 0.29) is 35.9 Å². The maximum absolute atomic E-state index is 13.5. The van der Waals surface area contributed by atoms with Gasteiger partial charge in [-0.1, -0.05) is 32.1 Å². The van der Waals surface area contributed by atoms with Gasteiger partial charge < -0.3 is 15.1 Å². The molecule has 5 nitrogen and oxygen atoms in total. The van der Waals surface area contributed by atoms with Crippen LogP contribution in [0.3, 0.4) is 0 Å². The van der Waals surface area contributed by atoms with E-state index in [4.69, 9.17) is 0 Å². The Morgan fingerprint density at radius 3 is 2.57 bits per heavy atom. The average Bonchev–Trinajstić information content (AvgIpc) is 2.53. The van der Waals surface area contributed by atoms with Gasteiger partial charge in [0.2, 0.25) is 11.8 Å². The van der Waals surface area contributed by atoms with Gasteiger partial charge in [-0.3, -0.25) is 9.59 Å². The standard InChI is InChI=1S/C18H31N3O2/c1-20(2)13-18(10-6-3-7-11-18)17(23)21-12-16(22)19-14-8-4-5-9-15(14)21/h14-15H,3-13H2,1-2H3,(H,19,22). The van der Waals surface area contributed by atoms with Crippen molar-refractivity contribution in [2.45, 2.75) is 69.9 Å². The maximum Gasteiger partial charge on any atom is 0.239 e. The second-order valence-corrected chi connectivity index (χ2v) is 8.04. The van der Waals surface area contributed by atoms with Crippen LogP contribution in [0.4, 0.5) is 0 Å². The first-order valence-corrected chi connectivity index (χ1v) is 9.27. The summed E-state index contributed by atoms with van der Waals surface area (Å²) in [6.07, 6.45) is 9.82. The number of fused-ring (bicyclic) bond motifs is 1. The van der Waals surface area contributed by atoms with Crippen molar-refractivity contribution in [1.29, 1.82) is 0 Å². The van der Waals surface area contributed by atoms with Gasteiger partial charge in [-0.25, -0.2) is 0 Å². The van der Waals surface area contributed by atoms with E-state index in [2.05, 4.69) is 24.3 Å². The molecule has 1 aliphatic heterocycles. The molecule has 2 unspecified atom stereocenters. The third kappa shape index (κ3) is 3.39. The fraction of sp³-hybridized carbons (Fsp3) is 0.889. The van der Waals surface area contributed by atoms with Crippen molar-refractivity contribution >= 4 is 11.8 Å². The largest absolute Gasteiger partial charge is 0.350 e. The fourth-order valence-corrected chi connectivity index (χ4v) is 4.98. The number of carbonyl (C=O) groups excluding carboxylic acids is 2. The summed E-state index contributed by atoms with van der Waals surface area (Å²) in [6, 6.07) is 0.392. The third-order valence-corrected chi connectivity index (χ3v) is 5.93. The van der Waals surface area contributed by atoms with Crippen molar-refractivity contribution in [3.8, 4) is 0 Å². The summed E-state index contributed by atoms with van der Waals surface area (Å²) in [6.45, 7) is 1.07. The molecule has 2 amide bonds. The Balaban J connectivity index is 1.84. The summed E-state index contributed by atoms with van der Waals surface area (Å²) < 4.78 is 0. The Bertz CT molecular complexity index is 457. The van der Waals surface area contributed by atoms with Gasteiger partial charge in [0.05, 0.1) is 18.0 Å². The van der Waals surface area contributed by atoms with E-state index in [0.717, 1.165) is 51.5 Å². The van der Waals surface area contributed by atoms with Gasteiger partial charge in [-0.2, -0.15) is 0 Å².